The number of carbonyl (C=O) groups is 1. The topological polar surface area (TPSA) is 80.7 Å². The van der Waals surface area contributed by atoms with Gasteiger partial charge in [-0.1, -0.05) is 42.5 Å². The van der Waals surface area contributed by atoms with Crippen molar-refractivity contribution < 1.29 is 28.8 Å². The predicted octanol–water partition coefficient (Wildman–Crippen LogP) is 7.05. The first-order valence-electron chi connectivity index (χ1n) is 17.4. The lowest BCUT2D eigenvalue weighted by atomic mass is 9.96. The number of likely N-dealkylation sites (tertiary alicyclic amines) is 1. The molecule has 0 saturated carbocycles. The number of aliphatic hydroxyl groups is 1. The molecule has 2 aliphatic rings. The van der Waals surface area contributed by atoms with Gasteiger partial charge in [0.15, 0.2) is 5.78 Å². The maximum Gasteiger partial charge on any atom is 0.195 e. The molecule has 2 saturated heterocycles. The Bertz CT molecular complexity index is 1890. The molecule has 1 aromatic heterocycles. The molecular formula is C41H44N2O6S. The molecule has 0 amide bonds. The summed E-state index contributed by atoms with van der Waals surface area (Å²) in [5, 5.41) is 10.5. The molecular weight excluding hydrogens is 649 g/mol. The summed E-state index contributed by atoms with van der Waals surface area (Å²) in [6, 6.07) is 30.1. The monoisotopic (exact) mass is 692 g/mol. The Hall–Kier alpha value is -4.25. The highest BCUT2D eigenvalue weighted by Crippen LogP contribution is 2.42. The van der Waals surface area contributed by atoms with Crippen molar-refractivity contribution in [3.8, 4) is 27.7 Å². The van der Waals surface area contributed by atoms with Crippen molar-refractivity contribution in [1.82, 2.24) is 9.80 Å². The van der Waals surface area contributed by atoms with Crippen LogP contribution in [0.2, 0.25) is 0 Å². The van der Waals surface area contributed by atoms with Gasteiger partial charge in [-0.2, -0.15) is 0 Å². The van der Waals surface area contributed by atoms with Gasteiger partial charge in [0.05, 0.1) is 26.9 Å². The maximum atomic E-state index is 14.5. The van der Waals surface area contributed by atoms with Gasteiger partial charge in [-0.15, -0.1) is 11.3 Å². The van der Waals surface area contributed by atoms with E-state index in [2.05, 4.69) is 9.80 Å². The summed E-state index contributed by atoms with van der Waals surface area (Å²) < 4.78 is 24.6. The molecule has 3 heterocycles. The van der Waals surface area contributed by atoms with Gasteiger partial charge in [0.25, 0.3) is 0 Å². The highest BCUT2D eigenvalue weighted by atomic mass is 32.1. The van der Waals surface area contributed by atoms with E-state index >= 15 is 0 Å². The van der Waals surface area contributed by atoms with Gasteiger partial charge < -0.3 is 24.1 Å². The van der Waals surface area contributed by atoms with Crippen molar-refractivity contribution in [3.05, 3.63) is 113 Å². The number of methoxy groups -OCH3 is 1. The van der Waals surface area contributed by atoms with E-state index in [9.17, 15) is 9.90 Å². The standard InChI is InChI=1S/C41H44N2O6S/c1-46-37-24-31(9-10-32(37)26-42-18-21-47-22-19-42)40(45)39-36-16-15-35(49-28-29-6-3-2-4-7-29)25-38(36)50-41(39)30-11-13-34(14-12-30)48-23-20-43-17-5-8-33(43)27-44/h2-4,6-7,9-16,24-25,33,44H,5,8,17-23,26-28H2,1H3. The second-order valence-electron chi connectivity index (χ2n) is 12.9. The summed E-state index contributed by atoms with van der Waals surface area (Å²) >= 11 is 1.59. The molecule has 1 unspecified atom stereocenters. The average molecular weight is 693 g/mol. The Morgan fingerprint density at radius 2 is 1.72 bits per heavy atom. The summed E-state index contributed by atoms with van der Waals surface area (Å²) in [4.78, 5) is 20.1. The van der Waals surface area contributed by atoms with Gasteiger partial charge in [-0.05, 0) is 79.0 Å². The number of ether oxygens (including phenoxy) is 4. The lowest BCUT2D eigenvalue weighted by Crippen LogP contribution is -2.35. The van der Waals surface area contributed by atoms with Crippen LogP contribution in [0.1, 0.15) is 39.9 Å². The molecule has 9 heteroatoms. The Labute approximate surface area is 297 Å². The largest absolute Gasteiger partial charge is 0.496 e. The first-order chi connectivity index (χ1) is 24.6. The maximum absolute atomic E-state index is 14.5. The molecule has 50 heavy (non-hydrogen) atoms. The van der Waals surface area contributed by atoms with Crippen molar-refractivity contribution in [3.63, 3.8) is 0 Å². The molecule has 0 bridgehead atoms. The number of rotatable bonds is 14. The number of fused-ring (bicyclic) bond motifs is 1. The molecule has 1 N–H and O–H groups in total. The van der Waals surface area contributed by atoms with E-state index in [0.717, 1.165) is 102 Å². The molecule has 5 aromatic rings. The van der Waals surface area contributed by atoms with E-state index < -0.39 is 0 Å². The third kappa shape index (κ3) is 7.88. The molecule has 4 aromatic carbocycles. The van der Waals surface area contributed by atoms with Crippen LogP contribution in [0.4, 0.5) is 0 Å². The summed E-state index contributed by atoms with van der Waals surface area (Å²) in [6.45, 7) is 6.93. The molecule has 260 valence electrons. The highest BCUT2D eigenvalue weighted by Gasteiger charge is 2.25. The van der Waals surface area contributed by atoms with E-state index in [-0.39, 0.29) is 18.4 Å². The van der Waals surface area contributed by atoms with Crippen LogP contribution in [0.5, 0.6) is 17.2 Å². The number of aliphatic hydroxyl groups excluding tert-OH is 1. The molecule has 0 spiro atoms. The zero-order valence-electron chi connectivity index (χ0n) is 28.5. The Morgan fingerprint density at radius 1 is 0.920 bits per heavy atom. The smallest absolute Gasteiger partial charge is 0.195 e. The second kappa shape index (κ2) is 16.2. The van der Waals surface area contributed by atoms with Crippen molar-refractivity contribution in [2.24, 2.45) is 0 Å². The van der Waals surface area contributed by atoms with Crippen LogP contribution in [0.25, 0.3) is 20.5 Å². The van der Waals surface area contributed by atoms with E-state index in [4.69, 9.17) is 18.9 Å². The van der Waals surface area contributed by atoms with Gasteiger partial charge in [-0.25, -0.2) is 0 Å². The third-order valence-electron chi connectivity index (χ3n) is 9.66. The van der Waals surface area contributed by atoms with Crippen LogP contribution in [0.3, 0.4) is 0 Å². The molecule has 2 aliphatic heterocycles. The molecule has 8 nitrogen and oxygen atoms in total. The minimum absolute atomic E-state index is 0.0511. The molecule has 7 rings (SSSR count). The number of hydrogen-bond acceptors (Lipinski definition) is 9. The van der Waals surface area contributed by atoms with Crippen molar-refractivity contribution >= 4 is 27.2 Å². The number of morpholine rings is 1. The predicted molar refractivity (Wildman–Crippen MR) is 198 cm³/mol. The van der Waals surface area contributed by atoms with E-state index in [1.807, 2.05) is 91.0 Å². The average Bonchev–Trinajstić information content (AvgIpc) is 3.79. The van der Waals surface area contributed by atoms with Crippen molar-refractivity contribution in [1.29, 1.82) is 0 Å². The van der Waals surface area contributed by atoms with Crippen LogP contribution < -0.4 is 14.2 Å². The first kappa shape index (κ1) is 34.2. The third-order valence-corrected chi connectivity index (χ3v) is 10.9. The number of carbonyl (C=O) groups excluding carboxylic acids is 1. The highest BCUT2D eigenvalue weighted by molar-refractivity contribution is 7.22. The van der Waals surface area contributed by atoms with Crippen LogP contribution >= 0.6 is 11.3 Å². The number of nitrogens with zero attached hydrogens (tertiary/aromatic N) is 2. The Kier molecular flexibility index (Phi) is 11.1. The zero-order chi connectivity index (χ0) is 34.3. The summed E-state index contributed by atoms with van der Waals surface area (Å²) in [6.07, 6.45) is 2.15. The number of thiophene rings is 1. The fourth-order valence-electron chi connectivity index (χ4n) is 6.88. The quantitative estimate of drug-likeness (QED) is 0.124. The lowest BCUT2D eigenvalue weighted by molar-refractivity contribution is 0.0339. The fourth-order valence-corrected chi connectivity index (χ4v) is 8.11. The van der Waals surface area contributed by atoms with Crippen LogP contribution in [0, 0.1) is 0 Å². The van der Waals surface area contributed by atoms with Gasteiger partial charge in [0, 0.05) is 63.9 Å². The van der Waals surface area contributed by atoms with Crippen LogP contribution in [-0.2, 0) is 17.9 Å². The van der Waals surface area contributed by atoms with Gasteiger partial charge >= 0.3 is 0 Å². The van der Waals surface area contributed by atoms with Crippen LogP contribution in [-0.4, -0.2) is 86.4 Å². The molecule has 0 aliphatic carbocycles. The second-order valence-corrected chi connectivity index (χ2v) is 13.9. The molecule has 2 fully saturated rings. The summed E-state index contributed by atoms with van der Waals surface area (Å²) in [5.41, 5.74) is 4.34. The number of benzene rings is 4. The fraction of sp³-hybridized carbons (Fsp3) is 0.341. The minimum Gasteiger partial charge on any atom is -0.496 e. The van der Waals surface area contributed by atoms with E-state index in [0.29, 0.717) is 30.1 Å². The molecule has 1 atom stereocenters. The zero-order valence-corrected chi connectivity index (χ0v) is 29.3. The van der Waals surface area contributed by atoms with Gasteiger partial charge in [-0.3, -0.25) is 14.6 Å². The SMILES string of the molecule is COc1cc(C(=O)c2c(-c3ccc(OCCN4CCCC4CO)cc3)sc3cc(OCc4ccccc4)ccc23)ccc1CN1CCOCC1. The first-order valence-corrected chi connectivity index (χ1v) is 18.2. The number of ketones is 1. The molecule has 0 radical (unpaired) electrons. The van der Waals surface area contributed by atoms with E-state index in [1.54, 1.807) is 18.4 Å². The minimum atomic E-state index is -0.0511. The Balaban J connectivity index is 1.16. The normalized spacial score (nSPS) is 16.9. The Morgan fingerprint density at radius 3 is 2.50 bits per heavy atom. The summed E-state index contributed by atoms with van der Waals surface area (Å²) in [7, 11) is 1.66. The van der Waals surface area contributed by atoms with Gasteiger partial charge in [0.1, 0.15) is 30.5 Å². The van der Waals surface area contributed by atoms with Gasteiger partial charge in [0.2, 0.25) is 0 Å². The van der Waals surface area contributed by atoms with Crippen LogP contribution in [0.15, 0.2) is 91.0 Å². The summed E-state index contributed by atoms with van der Waals surface area (Å²) in [5.74, 6) is 2.19. The van der Waals surface area contributed by atoms with E-state index in [1.165, 1.54) is 0 Å². The van der Waals surface area contributed by atoms with Crippen molar-refractivity contribution in [2.75, 3.05) is 59.7 Å². The number of hydrogen-bond donors (Lipinski definition) is 1. The lowest BCUT2D eigenvalue weighted by Gasteiger charge is -2.27. The van der Waals surface area contributed by atoms with Crippen molar-refractivity contribution in [2.45, 2.75) is 32.0 Å².